The van der Waals surface area contributed by atoms with E-state index in [0.717, 1.165) is 16.3 Å². The highest BCUT2D eigenvalue weighted by Crippen LogP contribution is 2.23. The minimum Gasteiger partial charge on any atom is -0.480 e. The Morgan fingerprint density at radius 2 is 1.85 bits per heavy atom. The highest BCUT2D eigenvalue weighted by molar-refractivity contribution is 6.07. The second kappa shape index (κ2) is 7.68. The molecular formula is C21H17N3O3. The van der Waals surface area contributed by atoms with Gasteiger partial charge in [-0.2, -0.15) is 5.26 Å². The lowest BCUT2D eigenvalue weighted by Crippen LogP contribution is -2.23. The molecule has 1 atom stereocenters. The standard InChI is InChI=1S/C21H17N3O3/c22-11-13-4-6-14(7-5-13)12-24-20(25)18-3-1-2-15-10-16(8-9-17(15)18)19(23)21(26)27/h1-10,19H,12,23H2,(H,24,25)(H,26,27). The van der Waals surface area contributed by atoms with E-state index < -0.39 is 12.0 Å². The van der Waals surface area contributed by atoms with Crippen molar-refractivity contribution < 1.29 is 14.7 Å². The van der Waals surface area contributed by atoms with Crippen molar-refractivity contribution in [2.75, 3.05) is 0 Å². The van der Waals surface area contributed by atoms with Crippen LogP contribution in [0.5, 0.6) is 0 Å². The van der Waals surface area contributed by atoms with Crippen molar-refractivity contribution in [2.24, 2.45) is 5.73 Å². The summed E-state index contributed by atoms with van der Waals surface area (Å²) in [5.74, 6) is -1.34. The average molecular weight is 359 g/mol. The molecule has 3 rings (SSSR count). The van der Waals surface area contributed by atoms with E-state index in [1.165, 1.54) is 0 Å². The number of nitrogens with one attached hydrogen (secondary N) is 1. The number of fused-ring (bicyclic) bond motifs is 1. The van der Waals surface area contributed by atoms with E-state index in [1.807, 2.05) is 6.07 Å². The van der Waals surface area contributed by atoms with E-state index in [-0.39, 0.29) is 5.91 Å². The minimum atomic E-state index is -1.11. The van der Waals surface area contributed by atoms with Crippen LogP contribution in [0.15, 0.2) is 60.7 Å². The van der Waals surface area contributed by atoms with Crippen LogP contribution >= 0.6 is 0 Å². The first-order valence-corrected chi connectivity index (χ1v) is 8.28. The van der Waals surface area contributed by atoms with E-state index >= 15 is 0 Å². The predicted octanol–water partition coefficient (Wildman–Crippen LogP) is 2.73. The van der Waals surface area contributed by atoms with Crippen molar-refractivity contribution in [3.63, 3.8) is 0 Å². The molecule has 134 valence electrons. The summed E-state index contributed by atoms with van der Waals surface area (Å²) in [7, 11) is 0. The zero-order valence-electron chi connectivity index (χ0n) is 14.3. The molecule has 1 amide bonds. The fourth-order valence-corrected chi connectivity index (χ4v) is 2.81. The van der Waals surface area contributed by atoms with Gasteiger partial charge in [0, 0.05) is 12.1 Å². The number of carboxylic acid groups (broad SMARTS) is 1. The number of nitrogens with zero attached hydrogens (tertiary/aromatic N) is 1. The van der Waals surface area contributed by atoms with Gasteiger partial charge in [0.05, 0.1) is 11.6 Å². The van der Waals surface area contributed by atoms with Crippen LogP contribution in [0.25, 0.3) is 10.8 Å². The molecule has 3 aromatic carbocycles. The lowest BCUT2D eigenvalue weighted by atomic mass is 9.98. The first-order chi connectivity index (χ1) is 13.0. The van der Waals surface area contributed by atoms with Crippen LogP contribution in [-0.4, -0.2) is 17.0 Å². The Morgan fingerprint density at radius 3 is 2.52 bits per heavy atom. The van der Waals surface area contributed by atoms with Gasteiger partial charge in [-0.25, -0.2) is 0 Å². The molecule has 0 saturated carbocycles. The molecular weight excluding hydrogens is 342 g/mol. The van der Waals surface area contributed by atoms with E-state index in [1.54, 1.807) is 54.6 Å². The summed E-state index contributed by atoms with van der Waals surface area (Å²) in [6.45, 7) is 0.336. The third-order valence-corrected chi connectivity index (χ3v) is 4.31. The number of hydrogen-bond acceptors (Lipinski definition) is 4. The Bertz CT molecular complexity index is 1050. The highest BCUT2D eigenvalue weighted by atomic mass is 16.4. The SMILES string of the molecule is N#Cc1ccc(CNC(=O)c2cccc3cc(C(N)C(=O)O)ccc23)cc1. The van der Waals surface area contributed by atoms with Crippen LogP contribution in [0.2, 0.25) is 0 Å². The zero-order valence-corrected chi connectivity index (χ0v) is 14.3. The summed E-state index contributed by atoms with van der Waals surface area (Å²) in [6, 6.07) is 18.2. The van der Waals surface area contributed by atoms with Crippen LogP contribution in [0, 0.1) is 11.3 Å². The van der Waals surface area contributed by atoms with Crippen LogP contribution in [0.1, 0.15) is 33.1 Å². The minimum absolute atomic E-state index is 0.236. The molecule has 0 aliphatic carbocycles. The maximum Gasteiger partial charge on any atom is 0.325 e. The summed E-state index contributed by atoms with van der Waals surface area (Å²) in [4.78, 5) is 23.7. The molecule has 6 nitrogen and oxygen atoms in total. The van der Waals surface area contributed by atoms with Gasteiger partial charge in [0.2, 0.25) is 0 Å². The van der Waals surface area contributed by atoms with Gasteiger partial charge in [0.25, 0.3) is 5.91 Å². The Kier molecular flexibility index (Phi) is 5.15. The van der Waals surface area contributed by atoms with E-state index in [0.29, 0.717) is 23.2 Å². The maximum absolute atomic E-state index is 12.6. The second-order valence-electron chi connectivity index (χ2n) is 6.09. The van der Waals surface area contributed by atoms with Crippen molar-refractivity contribution in [3.8, 4) is 6.07 Å². The highest BCUT2D eigenvalue weighted by Gasteiger charge is 2.16. The fourth-order valence-electron chi connectivity index (χ4n) is 2.81. The smallest absolute Gasteiger partial charge is 0.325 e. The van der Waals surface area contributed by atoms with Gasteiger partial charge in [-0.15, -0.1) is 0 Å². The van der Waals surface area contributed by atoms with Crippen molar-refractivity contribution in [2.45, 2.75) is 12.6 Å². The van der Waals surface area contributed by atoms with Crippen LogP contribution in [-0.2, 0) is 11.3 Å². The van der Waals surface area contributed by atoms with Crippen molar-refractivity contribution in [1.29, 1.82) is 5.26 Å². The Hall–Kier alpha value is -3.69. The lowest BCUT2D eigenvalue weighted by Gasteiger charge is -2.11. The third kappa shape index (κ3) is 3.94. The summed E-state index contributed by atoms with van der Waals surface area (Å²) < 4.78 is 0. The molecule has 0 radical (unpaired) electrons. The molecule has 4 N–H and O–H groups in total. The molecule has 0 aliphatic heterocycles. The van der Waals surface area contributed by atoms with Gasteiger partial charge in [0.15, 0.2) is 0 Å². The molecule has 27 heavy (non-hydrogen) atoms. The average Bonchev–Trinajstić information content (AvgIpc) is 2.70. The Morgan fingerprint density at radius 1 is 1.11 bits per heavy atom. The molecule has 3 aromatic rings. The van der Waals surface area contributed by atoms with Gasteiger partial charge in [-0.1, -0.05) is 36.4 Å². The van der Waals surface area contributed by atoms with E-state index in [2.05, 4.69) is 11.4 Å². The van der Waals surface area contributed by atoms with Gasteiger partial charge >= 0.3 is 5.97 Å². The molecule has 0 aliphatic rings. The number of carboxylic acids is 1. The van der Waals surface area contributed by atoms with Gasteiger partial charge in [0.1, 0.15) is 6.04 Å². The number of rotatable bonds is 5. The van der Waals surface area contributed by atoms with E-state index in [4.69, 9.17) is 16.1 Å². The topological polar surface area (TPSA) is 116 Å². The number of aliphatic carboxylic acids is 1. The summed E-state index contributed by atoms with van der Waals surface area (Å²) in [6.07, 6.45) is 0. The van der Waals surface area contributed by atoms with E-state index in [9.17, 15) is 9.59 Å². The summed E-state index contributed by atoms with van der Waals surface area (Å²) >= 11 is 0. The first kappa shape index (κ1) is 18.1. The maximum atomic E-state index is 12.6. The van der Waals surface area contributed by atoms with Crippen molar-refractivity contribution in [1.82, 2.24) is 5.32 Å². The predicted molar refractivity (Wildman–Crippen MR) is 101 cm³/mol. The van der Waals surface area contributed by atoms with Crippen molar-refractivity contribution in [3.05, 3.63) is 82.9 Å². The number of nitrogens with two attached hydrogens (primary N) is 1. The van der Waals surface area contributed by atoms with Crippen LogP contribution in [0.3, 0.4) is 0 Å². The number of carbonyl (C=O) groups excluding carboxylic acids is 1. The molecule has 0 fully saturated rings. The molecule has 0 heterocycles. The molecule has 0 aromatic heterocycles. The Labute approximate surface area is 155 Å². The second-order valence-corrected chi connectivity index (χ2v) is 6.09. The largest absolute Gasteiger partial charge is 0.480 e. The monoisotopic (exact) mass is 359 g/mol. The number of hydrogen-bond donors (Lipinski definition) is 3. The number of amides is 1. The first-order valence-electron chi connectivity index (χ1n) is 8.28. The summed E-state index contributed by atoms with van der Waals surface area (Å²) in [5.41, 5.74) is 8.09. The fraction of sp³-hybridized carbons (Fsp3) is 0.0952. The molecule has 6 heteroatoms. The van der Waals surface area contributed by atoms with Crippen LogP contribution in [0.4, 0.5) is 0 Å². The van der Waals surface area contributed by atoms with Gasteiger partial charge in [-0.05, 0) is 46.2 Å². The lowest BCUT2D eigenvalue weighted by molar-refractivity contribution is -0.138. The molecule has 1 unspecified atom stereocenters. The zero-order chi connectivity index (χ0) is 19.4. The number of nitriles is 1. The summed E-state index contributed by atoms with van der Waals surface area (Å²) in [5, 5.41) is 22.2. The van der Waals surface area contributed by atoms with Gasteiger partial charge in [-0.3, -0.25) is 9.59 Å². The van der Waals surface area contributed by atoms with Crippen LogP contribution < -0.4 is 11.1 Å². The number of carbonyl (C=O) groups is 2. The number of benzene rings is 3. The molecule has 0 saturated heterocycles. The molecule has 0 spiro atoms. The van der Waals surface area contributed by atoms with Crippen molar-refractivity contribution >= 4 is 22.6 Å². The molecule has 0 bridgehead atoms. The Balaban J connectivity index is 1.81. The van der Waals surface area contributed by atoms with Gasteiger partial charge < -0.3 is 16.2 Å². The quantitative estimate of drug-likeness (QED) is 0.648. The normalized spacial score (nSPS) is 11.6. The third-order valence-electron chi connectivity index (χ3n) is 4.31.